The summed E-state index contributed by atoms with van der Waals surface area (Å²) in [6, 6.07) is 10.4. The molecule has 2 N–H and O–H groups in total. The molecule has 0 saturated heterocycles. The van der Waals surface area contributed by atoms with E-state index in [0.717, 1.165) is 12.8 Å². The Kier molecular flexibility index (Phi) is 2.35. The quantitative estimate of drug-likeness (QED) is 0.822. The molecule has 2 aliphatic carbocycles. The molecule has 0 bridgehead atoms. The van der Waals surface area contributed by atoms with E-state index in [-0.39, 0.29) is 6.04 Å². The van der Waals surface area contributed by atoms with Crippen molar-refractivity contribution in [2.75, 3.05) is 0 Å². The predicted octanol–water partition coefficient (Wildman–Crippen LogP) is 2.98. The van der Waals surface area contributed by atoms with Crippen LogP contribution in [0.25, 0.3) is 0 Å². The van der Waals surface area contributed by atoms with Gasteiger partial charge in [-0.15, -0.1) is 0 Å². The average molecular weight is 231 g/mol. The van der Waals surface area contributed by atoms with Gasteiger partial charge >= 0.3 is 6.09 Å². The minimum atomic E-state index is -0.895. The molecule has 1 spiro atoms. The summed E-state index contributed by atoms with van der Waals surface area (Å²) in [7, 11) is 0. The molecule has 2 saturated carbocycles. The van der Waals surface area contributed by atoms with E-state index in [1.165, 1.54) is 18.4 Å². The molecule has 2 atom stereocenters. The van der Waals surface area contributed by atoms with Crippen LogP contribution in [0.5, 0.6) is 0 Å². The third-order valence-electron chi connectivity index (χ3n) is 4.29. The third-order valence-corrected chi connectivity index (χ3v) is 4.29. The number of hydrogen-bond donors (Lipinski definition) is 2. The Morgan fingerprint density at radius 1 is 1.24 bits per heavy atom. The first-order chi connectivity index (χ1) is 8.19. The van der Waals surface area contributed by atoms with Gasteiger partial charge in [0.25, 0.3) is 0 Å². The van der Waals surface area contributed by atoms with Crippen molar-refractivity contribution in [2.45, 2.75) is 37.6 Å². The summed E-state index contributed by atoms with van der Waals surface area (Å²) in [5.74, 6) is 0.356. The first-order valence-electron chi connectivity index (χ1n) is 6.23. The third kappa shape index (κ3) is 2.02. The van der Waals surface area contributed by atoms with E-state index in [1.54, 1.807) is 0 Å². The van der Waals surface area contributed by atoms with Crippen molar-refractivity contribution in [2.24, 2.45) is 5.41 Å². The lowest BCUT2D eigenvalue weighted by molar-refractivity contribution is 0.188. The van der Waals surface area contributed by atoms with Gasteiger partial charge in [-0.3, -0.25) is 0 Å². The summed E-state index contributed by atoms with van der Waals surface area (Å²) >= 11 is 0. The summed E-state index contributed by atoms with van der Waals surface area (Å²) < 4.78 is 0. The van der Waals surface area contributed by atoms with E-state index in [9.17, 15) is 4.79 Å². The van der Waals surface area contributed by atoms with Crippen LogP contribution in [-0.2, 0) is 0 Å². The molecule has 3 rings (SSSR count). The van der Waals surface area contributed by atoms with Crippen molar-refractivity contribution >= 4 is 6.09 Å². The zero-order valence-corrected chi connectivity index (χ0v) is 9.73. The number of benzene rings is 1. The molecule has 0 aromatic heterocycles. The molecule has 0 radical (unpaired) electrons. The van der Waals surface area contributed by atoms with Crippen molar-refractivity contribution < 1.29 is 9.90 Å². The van der Waals surface area contributed by atoms with Crippen LogP contribution in [0.2, 0.25) is 0 Å². The maximum Gasteiger partial charge on any atom is 0.404 e. The monoisotopic (exact) mass is 231 g/mol. The lowest BCUT2D eigenvalue weighted by Crippen LogP contribution is -2.35. The summed E-state index contributed by atoms with van der Waals surface area (Å²) in [5.41, 5.74) is 1.73. The average Bonchev–Trinajstić information content (AvgIpc) is 2.96. The Morgan fingerprint density at radius 3 is 2.53 bits per heavy atom. The van der Waals surface area contributed by atoms with Gasteiger partial charge in [-0.1, -0.05) is 30.3 Å². The van der Waals surface area contributed by atoms with Crippen LogP contribution in [0, 0.1) is 5.41 Å². The van der Waals surface area contributed by atoms with Crippen LogP contribution < -0.4 is 5.32 Å². The summed E-state index contributed by atoms with van der Waals surface area (Å²) in [6.45, 7) is 0. The van der Waals surface area contributed by atoms with Crippen molar-refractivity contribution in [3.63, 3.8) is 0 Å². The first-order valence-corrected chi connectivity index (χ1v) is 6.23. The molecule has 0 unspecified atom stereocenters. The van der Waals surface area contributed by atoms with Crippen LogP contribution >= 0.6 is 0 Å². The molecule has 90 valence electrons. The SMILES string of the molecule is O=C(O)N[C@H]1CC2(CC2)C[C@@H]1c1ccccc1. The minimum Gasteiger partial charge on any atom is -0.465 e. The van der Waals surface area contributed by atoms with E-state index in [1.807, 2.05) is 18.2 Å². The van der Waals surface area contributed by atoms with Gasteiger partial charge < -0.3 is 10.4 Å². The van der Waals surface area contributed by atoms with Crippen LogP contribution in [0.1, 0.15) is 37.2 Å². The predicted molar refractivity (Wildman–Crippen MR) is 65.0 cm³/mol. The number of hydrogen-bond acceptors (Lipinski definition) is 1. The lowest BCUT2D eigenvalue weighted by atomic mass is 9.93. The molecule has 0 heterocycles. The molecular weight excluding hydrogens is 214 g/mol. The van der Waals surface area contributed by atoms with Crippen LogP contribution in [0.4, 0.5) is 4.79 Å². The molecule has 3 heteroatoms. The number of nitrogens with one attached hydrogen (secondary N) is 1. The van der Waals surface area contributed by atoms with E-state index in [0.29, 0.717) is 11.3 Å². The molecule has 3 nitrogen and oxygen atoms in total. The normalized spacial score (nSPS) is 29.2. The van der Waals surface area contributed by atoms with Crippen LogP contribution in [-0.4, -0.2) is 17.2 Å². The van der Waals surface area contributed by atoms with Gasteiger partial charge in [-0.25, -0.2) is 4.79 Å². The maximum absolute atomic E-state index is 10.9. The van der Waals surface area contributed by atoms with Crippen LogP contribution in [0.15, 0.2) is 30.3 Å². The second-order valence-electron chi connectivity index (χ2n) is 5.48. The Morgan fingerprint density at radius 2 is 1.94 bits per heavy atom. The highest BCUT2D eigenvalue weighted by Crippen LogP contribution is 2.61. The van der Waals surface area contributed by atoms with E-state index in [2.05, 4.69) is 17.4 Å². The van der Waals surface area contributed by atoms with Crippen molar-refractivity contribution in [1.82, 2.24) is 5.32 Å². The first kappa shape index (κ1) is 10.6. The molecular formula is C14H17NO2. The highest BCUT2D eigenvalue weighted by atomic mass is 16.4. The standard InChI is InChI=1S/C14H17NO2/c16-13(17)15-12-9-14(6-7-14)8-11(12)10-4-2-1-3-5-10/h1-5,11-12,15H,6-9H2,(H,16,17)/t11-,12+/m1/s1. The highest BCUT2D eigenvalue weighted by Gasteiger charge is 2.53. The summed E-state index contributed by atoms with van der Waals surface area (Å²) in [6.07, 6.45) is 3.80. The fourth-order valence-electron chi connectivity index (χ4n) is 3.25. The van der Waals surface area contributed by atoms with Gasteiger partial charge in [-0.2, -0.15) is 0 Å². The summed E-state index contributed by atoms with van der Waals surface area (Å²) in [5, 5.41) is 11.6. The Balaban J connectivity index is 1.83. The largest absolute Gasteiger partial charge is 0.465 e. The fourth-order valence-corrected chi connectivity index (χ4v) is 3.25. The zero-order valence-electron chi connectivity index (χ0n) is 9.73. The van der Waals surface area contributed by atoms with Gasteiger partial charge in [0, 0.05) is 12.0 Å². The lowest BCUT2D eigenvalue weighted by Gasteiger charge is -2.19. The number of carboxylic acid groups (broad SMARTS) is 1. The van der Waals surface area contributed by atoms with E-state index in [4.69, 9.17) is 5.11 Å². The smallest absolute Gasteiger partial charge is 0.404 e. The summed E-state index contributed by atoms with van der Waals surface area (Å²) in [4.78, 5) is 10.9. The molecule has 0 aliphatic heterocycles. The molecule has 17 heavy (non-hydrogen) atoms. The highest BCUT2D eigenvalue weighted by molar-refractivity contribution is 5.65. The van der Waals surface area contributed by atoms with Crippen molar-refractivity contribution in [1.29, 1.82) is 0 Å². The molecule has 2 aliphatic rings. The molecule has 1 amide bonds. The number of rotatable bonds is 2. The molecule has 1 aromatic rings. The van der Waals surface area contributed by atoms with Gasteiger partial charge in [0.2, 0.25) is 0 Å². The Labute approximate surface area is 101 Å². The number of amides is 1. The minimum absolute atomic E-state index is 0.0948. The Hall–Kier alpha value is -1.51. The number of carbonyl (C=O) groups is 1. The molecule has 1 aromatic carbocycles. The topological polar surface area (TPSA) is 49.3 Å². The Bertz CT molecular complexity index is 425. The van der Waals surface area contributed by atoms with Crippen LogP contribution in [0.3, 0.4) is 0 Å². The van der Waals surface area contributed by atoms with Gasteiger partial charge in [0.05, 0.1) is 0 Å². The second kappa shape index (κ2) is 3.76. The fraction of sp³-hybridized carbons (Fsp3) is 0.500. The van der Waals surface area contributed by atoms with Gasteiger partial charge in [-0.05, 0) is 36.7 Å². The van der Waals surface area contributed by atoms with Crippen molar-refractivity contribution in [3.05, 3.63) is 35.9 Å². The van der Waals surface area contributed by atoms with E-state index < -0.39 is 6.09 Å². The zero-order chi connectivity index (χ0) is 11.9. The second-order valence-corrected chi connectivity index (χ2v) is 5.48. The maximum atomic E-state index is 10.9. The van der Waals surface area contributed by atoms with E-state index >= 15 is 0 Å². The van der Waals surface area contributed by atoms with Gasteiger partial charge in [0.1, 0.15) is 0 Å². The molecule has 2 fully saturated rings. The van der Waals surface area contributed by atoms with Crippen molar-refractivity contribution in [3.8, 4) is 0 Å². The van der Waals surface area contributed by atoms with Gasteiger partial charge in [0.15, 0.2) is 0 Å².